The van der Waals surface area contributed by atoms with Gasteiger partial charge in [0.05, 0.1) is 6.61 Å². The van der Waals surface area contributed by atoms with Crippen molar-refractivity contribution in [1.82, 2.24) is 9.97 Å². The molecule has 19 heavy (non-hydrogen) atoms. The van der Waals surface area contributed by atoms with Crippen molar-refractivity contribution in [3.8, 4) is 5.88 Å². The molecule has 0 spiro atoms. The van der Waals surface area contributed by atoms with Crippen LogP contribution in [-0.4, -0.2) is 23.1 Å². The van der Waals surface area contributed by atoms with Crippen molar-refractivity contribution in [2.24, 2.45) is 0 Å². The minimum absolute atomic E-state index is 0.607. The Labute approximate surface area is 113 Å². The second kappa shape index (κ2) is 6.73. The van der Waals surface area contributed by atoms with Crippen LogP contribution in [0.1, 0.15) is 18.1 Å². The summed E-state index contributed by atoms with van der Waals surface area (Å²) < 4.78 is 5.34. The normalized spacial score (nSPS) is 10.2. The number of nitrogens with one attached hydrogen (secondary N) is 1. The summed E-state index contributed by atoms with van der Waals surface area (Å²) in [5, 5.41) is 3.22. The first kappa shape index (κ1) is 13.3. The molecule has 100 valence electrons. The van der Waals surface area contributed by atoms with Gasteiger partial charge in [0.2, 0.25) is 11.8 Å². The zero-order valence-electron chi connectivity index (χ0n) is 11.4. The van der Waals surface area contributed by atoms with Crippen LogP contribution in [0.4, 0.5) is 5.95 Å². The summed E-state index contributed by atoms with van der Waals surface area (Å²) in [5.41, 5.74) is 2.66. The van der Waals surface area contributed by atoms with Gasteiger partial charge in [0.15, 0.2) is 0 Å². The molecule has 0 unspecified atom stereocenters. The van der Waals surface area contributed by atoms with E-state index < -0.39 is 0 Å². The molecule has 4 nitrogen and oxygen atoms in total. The maximum Gasteiger partial charge on any atom is 0.225 e. The van der Waals surface area contributed by atoms with Gasteiger partial charge in [0.1, 0.15) is 0 Å². The van der Waals surface area contributed by atoms with Crippen LogP contribution >= 0.6 is 0 Å². The van der Waals surface area contributed by atoms with E-state index >= 15 is 0 Å². The lowest BCUT2D eigenvalue weighted by atomic mass is 10.1. The summed E-state index contributed by atoms with van der Waals surface area (Å²) >= 11 is 0. The molecular formula is C15H19N3O. The number of anilines is 1. The number of benzene rings is 1. The van der Waals surface area contributed by atoms with Gasteiger partial charge >= 0.3 is 0 Å². The third kappa shape index (κ3) is 3.95. The average molecular weight is 257 g/mol. The molecule has 1 N–H and O–H groups in total. The van der Waals surface area contributed by atoms with Crippen molar-refractivity contribution in [3.05, 3.63) is 47.7 Å². The third-order valence-electron chi connectivity index (χ3n) is 2.86. The molecule has 0 aliphatic heterocycles. The number of ether oxygens (including phenoxy) is 1. The summed E-state index contributed by atoms with van der Waals surface area (Å²) in [5.74, 6) is 1.22. The van der Waals surface area contributed by atoms with E-state index in [1.165, 1.54) is 11.1 Å². The van der Waals surface area contributed by atoms with Crippen LogP contribution in [0.25, 0.3) is 0 Å². The average Bonchev–Trinajstić information content (AvgIpc) is 2.42. The summed E-state index contributed by atoms with van der Waals surface area (Å²) in [6.45, 7) is 5.48. The number of rotatable bonds is 6. The highest BCUT2D eigenvalue weighted by atomic mass is 16.5. The van der Waals surface area contributed by atoms with E-state index in [9.17, 15) is 0 Å². The molecule has 0 aliphatic carbocycles. The van der Waals surface area contributed by atoms with E-state index in [2.05, 4.69) is 46.5 Å². The zero-order chi connectivity index (χ0) is 13.5. The fourth-order valence-electron chi connectivity index (χ4n) is 1.86. The third-order valence-corrected chi connectivity index (χ3v) is 2.86. The van der Waals surface area contributed by atoms with Crippen LogP contribution in [0, 0.1) is 6.92 Å². The predicted octanol–water partition coefficient (Wildman–Crippen LogP) is 2.84. The van der Waals surface area contributed by atoms with Crippen LogP contribution in [0.15, 0.2) is 36.5 Å². The van der Waals surface area contributed by atoms with Gasteiger partial charge in [-0.25, -0.2) is 4.98 Å². The lowest BCUT2D eigenvalue weighted by Crippen LogP contribution is -2.09. The highest BCUT2D eigenvalue weighted by Gasteiger charge is 2.00. The Morgan fingerprint density at radius 2 is 2.05 bits per heavy atom. The number of hydrogen-bond acceptors (Lipinski definition) is 4. The molecule has 4 heteroatoms. The highest BCUT2D eigenvalue weighted by molar-refractivity contribution is 5.30. The molecule has 0 saturated heterocycles. The van der Waals surface area contributed by atoms with Gasteiger partial charge in [0.25, 0.3) is 0 Å². The molecule has 0 atom stereocenters. The largest absolute Gasteiger partial charge is 0.478 e. The van der Waals surface area contributed by atoms with E-state index in [1.54, 1.807) is 12.3 Å². The number of nitrogens with zero attached hydrogens (tertiary/aromatic N) is 2. The fraction of sp³-hybridized carbons (Fsp3) is 0.333. The van der Waals surface area contributed by atoms with Gasteiger partial charge in [-0.05, 0) is 31.4 Å². The van der Waals surface area contributed by atoms with E-state index in [0.717, 1.165) is 13.0 Å². The Kier molecular flexibility index (Phi) is 4.72. The second-order valence-electron chi connectivity index (χ2n) is 4.25. The van der Waals surface area contributed by atoms with Gasteiger partial charge in [-0.2, -0.15) is 4.98 Å². The van der Waals surface area contributed by atoms with Crippen molar-refractivity contribution in [2.75, 3.05) is 18.5 Å². The van der Waals surface area contributed by atoms with Gasteiger partial charge in [-0.1, -0.05) is 24.3 Å². The minimum Gasteiger partial charge on any atom is -0.478 e. The molecule has 0 aliphatic rings. The summed E-state index contributed by atoms with van der Waals surface area (Å²) in [6, 6.07) is 10.2. The summed E-state index contributed by atoms with van der Waals surface area (Å²) in [7, 11) is 0. The van der Waals surface area contributed by atoms with Crippen LogP contribution in [0.3, 0.4) is 0 Å². The molecule has 0 fully saturated rings. The van der Waals surface area contributed by atoms with Crippen molar-refractivity contribution in [3.63, 3.8) is 0 Å². The molecule has 0 amide bonds. The van der Waals surface area contributed by atoms with Gasteiger partial charge in [-0.15, -0.1) is 0 Å². The Morgan fingerprint density at radius 1 is 1.21 bits per heavy atom. The van der Waals surface area contributed by atoms with E-state index in [4.69, 9.17) is 4.74 Å². The molecule has 2 aromatic rings. The van der Waals surface area contributed by atoms with Crippen molar-refractivity contribution in [2.45, 2.75) is 20.3 Å². The number of aromatic nitrogens is 2. The highest BCUT2D eigenvalue weighted by Crippen LogP contribution is 2.10. The van der Waals surface area contributed by atoms with Gasteiger partial charge in [-0.3, -0.25) is 0 Å². The van der Waals surface area contributed by atoms with E-state index in [0.29, 0.717) is 18.4 Å². The summed E-state index contributed by atoms with van der Waals surface area (Å²) in [4.78, 5) is 8.44. The first-order valence-corrected chi connectivity index (χ1v) is 6.54. The maximum absolute atomic E-state index is 5.34. The van der Waals surface area contributed by atoms with Crippen molar-refractivity contribution >= 4 is 5.95 Å². The summed E-state index contributed by atoms with van der Waals surface area (Å²) in [6.07, 6.45) is 2.66. The van der Waals surface area contributed by atoms with Gasteiger partial charge in [0, 0.05) is 18.8 Å². The molecule has 0 radical (unpaired) electrons. The lowest BCUT2D eigenvalue weighted by molar-refractivity contribution is 0.326. The Balaban J connectivity index is 1.89. The van der Waals surface area contributed by atoms with Crippen LogP contribution in [0.2, 0.25) is 0 Å². The topological polar surface area (TPSA) is 47.0 Å². The van der Waals surface area contributed by atoms with Gasteiger partial charge < -0.3 is 10.1 Å². The monoisotopic (exact) mass is 257 g/mol. The molecular weight excluding hydrogens is 238 g/mol. The van der Waals surface area contributed by atoms with Crippen molar-refractivity contribution < 1.29 is 4.74 Å². The lowest BCUT2D eigenvalue weighted by Gasteiger charge is -2.08. The molecule has 0 saturated carbocycles. The van der Waals surface area contributed by atoms with E-state index in [1.807, 2.05) is 6.92 Å². The van der Waals surface area contributed by atoms with Crippen LogP contribution < -0.4 is 10.1 Å². The maximum atomic E-state index is 5.34. The Morgan fingerprint density at radius 3 is 2.84 bits per heavy atom. The van der Waals surface area contributed by atoms with Crippen LogP contribution in [0.5, 0.6) is 5.88 Å². The Bertz CT molecular complexity index is 528. The zero-order valence-corrected chi connectivity index (χ0v) is 11.4. The van der Waals surface area contributed by atoms with E-state index in [-0.39, 0.29) is 0 Å². The standard InChI is InChI=1S/C15H19N3O/c1-3-19-14-9-11-17-15(18-14)16-10-8-13-7-5-4-6-12(13)2/h4-7,9,11H,3,8,10H2,1-2H3,(H,16,17,18). The quantitative estimate of drug-likeness (QED) is 0.864. The number of hydrogen-bond donors (Lipinski definition) is 1. The van der Waals surface area contributed by atoms with Crippen molar-refractivity contribution in [1.29, 1.82) is 0 Å². The molecule has 0 bridgehead atoms. The first-order chi connectivity index (χ1) is 9.29. The second-order valence-corrected chi connectivity index (χ2v) is 4.25. The number of aryl methyl sites for hydroxylation is 1. The molecule has 1 heterocycles. The SMILES string of the molecule is CCOc1ccnc(NCCc2ccccc2C)n1. The first-order valence-electron chi connectivity index (χ1n) is 6.54. The predicted molar refractivity (Wildman–Crippen MR) is 76.6 cm³/mol. The molecule has 1 aromatic heterocycles. The van der Waals surface area contributed by atoms with Crippen LogP contribution in [-0.2, 0) is 6.42 Å². The molecule has 2 rings (SSSR count). The Hall–Kier alpha value is -2.10. The molecule has 1 aromatic carbocycles. The smallest absolute Gasteiger partial charge is 0.225 e. The minimum atomic E-state index is 0.607. The fourth-order valence-corrected chi connectivity index (χ4v) is 1.86.